The molecule has 1 atom stereocenters. The third-order valence-corrected chi connectivity index (χ3v) is 4.84. The Balaban J connectivity index is 1.90. The van der Waals surface area contributed by atoms with Crippen LogP contribution in [0.2, 0.25) is 0 Å². The molecule has 1 fully saturated rings. The first-order chi connectivity index (χ1) is 8.27. The number of ether oxygens (including phenoxy) is 1. The fourth-order valence-corrected chi connectivity index (χ4v) is 3.60. The maximum Gasteiger partial charge on any atom is 0.0828 e. The molecule has 1 aromatic heterocycles. The van der Waals surface area contributed by atoms with Gasteiger partial charge in [0.05, 0.1) is 5.60 Å². The van der Waals surface area contributed by atoms with Gasteiger partial charge in [0, 0.05) is 13.2 Å². The molecule has 1 heterocycles. The normalized spacial score (nSPS) is 21.3. The van der Waals surface area contributed by atoms with Gasteiger partial charge in [0.1, 0.15) is 0 Å². The molecule has 1 aliphatic rings. The average Bonchev–Trinajstić information content (AvgIpc) is 2.90. The van der Waals surface area contributed by atoms with Crippen molar-refractivity contribution in [1.29, 1.82) is 0 Å². The van der Waals surface area contributed by atoms with Gasteiger partial charge in [-0.25, -0.2) is 0 Å². The van der Waals surface area contributed by atoms with E-state index >= 15 is 0 Å². The Morgan fingerprint density at radius 1 is 1.41 bits per heavy atom. The van der Waals surface area contributed by atoms with E-state index in [2.05, 4.69) is 16.8 Å². The Labute approximate surface area is 108 Å². The Morgan fingerprint density at radius 3 is 2.76 bits per heavy atom. The molecule has 0 aromatic carbocycles. The number of methoxy groups -OCH3 is 1. The van der Waals surface area contributed by atoms with Crippen LogP contribution in [0.5, 0.6) is 0 Å². The van der Waals surface area contributed by atoms with E-state index in [1.54, 1.807) is 11.3 Å². The van der Waals surface area contributed by atoms with E-state index in [9.17, 15) is 0 Å². The number of thiophene rings is 1. The average molecular weight is 253 g/mol. The van der Waals surface area contributed by atoms with Crippen molar-refractivity contribution < 1.29 is 4.74 Å². The third kappa shape index (κ3) is 3.09. The molecule has 1 aromatic rings. The molecule has 17 heavy (non-hydrogen) atoms. The first kappa shape index (κ1) is 13.1. The third-order valence-electron chi connectivity index (χ3n) is 4.11. The summed E-state index contributed by atoms with van der Waals surface area (Å²) in [5, 5.41) is 4.35. The molecule has 2 N–H and O–H groups in total. The first-order valence-electron chi connectivity index (χ1n) is 6.59. The Bertz CT molecular complexity index is 317. The lowest BCUT2D eigenvalue weighted by Crippen LogP contribution is -2.51. The van der Waals surface area contributed by atoms with Gasteiger partial charge in [0.2, 0.25) is 0 Å². The summed E-state index contributed by atoms with van der Waals surface area (Å²) in [6, 6.07) is 2.37. The largest absolute Gasteiger partial charge is 0.377 e. The second-order valence-corrected chi connectivity index (χ2v) is 5.89. The molecule has 0 bridgehead atoms. The van der Waals surface area contributed by atoms with Crippen LogP contribution in [0.1, 0.15) is 44.1 Å². The summed E-state index contributed by atoms with van der Waals surface area (Å²) in [6.07, 6.45) is 8.24. The second-order valence-electron chi connectivity index (χ2n) is 5.11. The lowest BCUT2D eigenvalue weighted by atomic mass is 9.78. The van der Waals surface area contributed by atoms with Crippen molar-refractivity contribution in [1.82, 2.24) is 0 Å². The van der Waals surface area contributed by atoms with Gasteiger partial charge < -0.3 is 10.5 Å². The van der Waals surface area contributed by atoms with E-state index in [1.807, 2.05) is 7.11 Å². The van der Waals surface area contributed by atoms with E-state index in [0.717, 1.165) is 25.7 Å². The minimum Gasteiger partial charge on any atom is -0.377 e. The number of nitrogens with two attached hydrogens (primary N) is 1. The van der Waals surface area contributed by atoms with Crippen molar-refractivity contribution >= 4 is 11.3 Å². The summed E-state index contributed by atoms with van der Waals surface area (Å²) < 4.78 is 5.79. The molecule has 0 spiro atoms. The van der Waals surface area contributed by atoms with E-state index in [1.165, 1.54) is 24.8 Å². The van der Waals surface area contributed by atoms with E-state index in [4.69, 9.17) is 10.5 Å². The predicted molar refractivity (Wildman–Crippen MR) is 73.4 cm³/mol. The van der Waals surface area contributed by atoms with Crippen molar-refractivity contribution in [3.05, 3.63) is 22.4 Å². The standard InChI is InChI=1S/C14H23NOS/c1-16-14(8-3-2-4-9-14)13(15)6-5-12-7-10-17-11-12/h7,10-11,13H,2-6,8-9,15H2,1H3. The maximum absolute atomic E-state index is 6.39. The Hall–Kier alpha value is -0.380. The van der Waals surface area contributed by atoms with Gasteiger partial charge in [0.25, 0.3) is 0 Å². The zero-order valence-corrected chi connectivity index (χ0v) is 11.5. The zero-order valence-electron chi connectivity index (χ0n) is 10.7. The van der Waals surface area contributed by atoms with Crippen molar-refractivity contribution in [2.24, 2.45) is 5.73 Å². The number of rotatable bonds is 5. The van der Waals surface area contributed by atoms with Crippen molar-refractivity contribution in [3.8, 4) is 0 Å². The van der Waals surface area contributed by atoms with E-state index in [0.29, 0.717) is 0 Å². The van der Waals surface area contributed by atoms with Crippen molar-refractivity contribution in [2.75, 3.05) is 7.11 Å². The highest BCUT2D eigenvalue weighted by Gasteiger charge is 2.37. The van der Waals surface area contributed by atoms with Gasteiger partial charge in [-0.15, -0.1) is 0 Å². The van der Waals surface area contributed by atoms with Crippen LogP contribution in [0.3, 0.4) is 0 Å². The summed E-state index contributed by atoms with van der Waals surface area (Å²) >= 11 is 1.76. The summed E-state index contributed by atoms with van der Waals surface area (Å²) in [7, 11) is 1.83. The zero-order chi connectivity index (χ0) is 12.1. The molecular weight excluding hydrogens is 230 g/mol. The lowest BCUT2D eigenvalue weighted by Gasteiger charge is -2.40. The highest BCUT2D eigenvalue weighted by Crippen LogP contribution is 2.34. The molecule has 2 nitrogen and oxygen atoms in total. The predicted octanol–water partition coefficient (Wildman–Crippen LogP) is 3.36. The number of hydrogen-bond acceptors (Lipinski definition) is 3. The summed E-state index contributed by atoms with van der Waals surface area (Å²) in [5.74, 6) is 0. The quantitative estimate of drug-likeness (QED) is 0.873. The molecule has 1 unspecified atom stereocenters. The maximum atomic E-state index is 6.39. The van der Waals surface area contributed by atoms with Gasteiger partial charge in [-0.2, -0.15) is 11.3 Å². The molecule has 0 aliphatic heterocycles. The minimum absolute atomic E-state index is 0.0473. The summed E-state index contributed by atoms with van der Waals surface area (Å²) in [5.41, 5.74) is 7.75. The molecule has 0 saturated heterocycles. The van der Waals surface area contributed by atoms with Crippen LogP contribution in [0, 0.1) is 0 Å². The Kier molecular flexibility index (Phi) is 4.60. The molecular formula is C14H23NOS. The van der Waals surface area contributed by atoms with Crippen LogP contribution in [0.15, 0.2) is 16.8 Å². The van der Waals surface area contributed by atoms with Gasteiger partial charge in [-0.05, 0) is 48.1 Å². The highest BCUT2D eigenvalue weighted by molar-refractivity contribution is 7.07. The van der Waals surface area contributed by atoms with Crippen LogP contribution in [0.25, 0.3) is 0 Å². The molecule has 2 rings (SSSR count). The van der Waals surface area contributed by atoms with Crippen LogP contribution >= 0.6 is 11.3 Å². The number of hydrogen-bond donors (Lipinski definition) is 1. The molecule has 0 radical (unpaired) electrons. The summed E-state index contributed by atoms with van der Waals surface area (Å²) in [4.78, 5) is 0. The lowest BCUT2D eigenvalue weighted by molar-refractivity contribution is -0.0600. The summed E-state index contributed by atoms with van der Waals surface area (Å²) in [6.45, 7) is 0. The SMILES string of the molecule is COC1(C(N)CCc2ccsc2)CCCCC1. The monoisotopic (exact) mass is 253 g/mol. The van der Waals surface area contributed by atoms with Crippen LogP contribution in [0.4, 0.5) is 0 Å². The fraction of sp³-hybridized carbons (Fsp3) is 0.714. The second kappa shape index (κ2) is 5.98. The minimum atomic E-state index is -0.0473. The van der Waals surface area contributed by atoms with Gasteiger partial charge in [-0.3, -0.25) is 0 Å². The van der Waals surface area contributed by atoms with Crippen molar-refractivity contribution in [2.45, 2.75) is 56.6 Å². The van der Waals surface area contributed by atoms with E-state index < -0.39 is 0 Å². The van der Waals surface area contributed by atoms with Gasteiger partial charge >= 0.3 is 0 Å². The van der Waals surface area contributed by atoms with Crippen LogP contribution in [-0.2, 0) is 11.2 Å². The molecule has 1 saturated carbocycles. The van der Waals surface area contributed by atoms with Gasteiger partial charge in [0.15, 0.2) is 0 Å². The smallest absolute Gasteiger partial charge is 0.0828 e. The Morgan fingerprint density at radius 2 is 2.18 bits per heavy atom. The van der Waals surface area contributed by atoms with E-state index in [-0.39, 0.29) is 11.6 Å². The highest BCUT2D eigenvalue weighted by atomic mass is 32.1. The molecule has 3 heteroatoms. The topological polar surface area (TPSA) is 35.2 Å². The number of aryl methyl sites for hydroxylation is 1. The molecule has 0 amide bonds. The molecule has 96 valence electrons. The van der Waals surface area contributed by atoms with Crippen LogP contribution in [-0.4, -0.2) is 18.8 Å². The molecule has 1 aliphatic carbocycles. The fourth-order valence-electron chi connectivity index (χ4n) is 2.90. The van der Waals surface area contributed by atoms with Gasteiger partial charge in [-0.1, -0.05) is 19.3 Å². The van der Waals surface area contributed by atoms with Crippen LogP contribution < -0.4 is 5.73 Å². The first-order valence-corrected chi connectivity index (χ1v) is 7.53. The van der Waals surface area contributed by atoms with Crippen molar-refractivity contribution in [3.63, 3.8) is 0 Å².